The van der Waals surface area contributed by atoms with Crippen molar-refractivity contribution in [2.45, 2.75) is 25.7 Å². The van der Waals surface area contributed by atoms with Crippen molar-refractivity contribution >= 4 is 15.8 Å². The maximum absolute atomic E-state index is 13.1. The predicted octanol–water partition coefficient (Wildman–Crippen LogP) is 2.21. The van der Waals surface area contributed by atoms with Crippen molar-refractivity contribution < 1.29 is 22.7 Å². The minimum absolute atomic E-state index is 0.0406. The summed E-state index contributed by atoms with van der Waals surface area (Å²) in [4.78, 5) is 11.2. The zero-order chi connectivity index (χ0) is 14.5. The van der Waals surface area contributed by atoms with Gasteiger partial charge in [-0.3, -0.25) is 4.79 Å². The van der Waals surface area contributed by atoms with Gasteiger partial charge in [-0.1, -0.05) is 19.1 Å². The number of aliphatic carboxylic acids is 1. The van der Waals surface area contributed by atoms with Gasteiger partial charge in [0.25, 0.3) is 0 Å². The van der Waals surface area contributed by atoms with Crippen molar-refractivity contribution in [3.05, 3.63) is 35.6 Å². The molecule has 0 heterocycles. The van der Waals surface area contributed by atoms with Crippen LogP contribution < -0.4 is 0 Å². The van der Waals surface area contributed by atoms with Crippen LogP contribution >= 0.6 is 0 Å². The molecule has 0 saturated heterocycles. The molecule has 4 nitrogen and oxygen atoms in total. The quantitative estimate of drug-likeness (QED) is 0.835. The topological polar surface area (TPSA) is 71.4 Å². The molecule has 106 valence electrons. The second-order valence-electron chi connectivity index (χ2n) is 4.39. The smallest absolute Gasteiger partial charge is 0.311 e. The maximum atomic E-state index is 13.1. The van der Waals surface area contributed by atoms with E-state index in [1.54, 1.807) is 6.92 Å². The molecule has 19 heavy (non-hydrogen) atoms. The number of carboxylic acid groups (broad SMARTS) is 1. The third kappa shape index (κ3) is 4.98. The molecule has 1 rings (SSSR count). The third-order valence-corrected chi connectivity index (χ3v) is 4.67. The SMILES string of the molecule is CCCS(=O)(=O)CCC(C(=O)O)c1cccc(F)c1. The largest absolute Gasteiger partial charge is 0.481 e. The van der Waals surface area contributed by atoms with E-state index in [9.17, 15) is 17.6 Å². The van der Waals surface area contributed by atoms with E-state index in [2.05, 4.69) is 0 Å². The van der Waals surface area contributed by atoms with E-state index in [0.717, 1.165) is 6.07 Å². The first-order valence-electron chi connectivity index (χ1n) is 6.04. The van der Waals surface area contributed by atoms with Crippen LogP contribution in [0, 0.1) is 5.82 Å². The number of rotatable bonds is 7. The van der Waals surface area contributed by atoms with Crippen molar-refractivity contribution in [1.82, 2.24) is 0 Å². The summed E-state index contributed by atoms with van der Waals surface area (Å²) in [7, 11) is -3.24. The minimum Gasteiger partial charge on any atom is -0.481 e. The summed E-state index contributed by atoms with van der Waals surface area (Å²) in [5.41, 5.74) is 0.291. The average molecular weight is 288 g/mol. The molecule has 1 unspecified atom stereocenters. The Kier molecular flexibility index (Phi) is 5.47. The van der Waals surface area contributed by atoms with Crippen molar-refractivity contribution in [3.63, 3.8) is 0 Å². The Hall–Kier alpha value is -1.43. The lowest BCUT2D eigenvalue weighted by atomic mass is 9.97. The number of hydrogen-bond acceptors (Lipinski definition) is 3. The molecule has 0 aliphatic rings. The minimum atomic E-state index is -3.24. The molecule has 1 aromatic rings. The number of benzene rings is 1. The van der Waals surface area contributed by atoms with Gasteiger partial charge in [0.15, 0.2) is 0 Å². The molecule has 0 aliphatic heterocycles. The Balaban J connectivity index is 2.83. The summed E-state index contributed by atoms with van der Waals surface area (Å²) < 4.78 is 36.3. The lowest BCUT2D eigenvalue weighted by Crippen LogP contribution is -2.18. The van der Waals surface area contributed by atoms with E-state index in [-0.39, 0.29) is 17.9 Å². The van der Waals surface area contributed by atoms with Gasteiger partial charge < -0.3 is 5.11 Å². The maximum Gasteiger partial charge on any atom is 0.311 e. The highest BCUT2D eigenvalue weighted by Crippen LogP contribution is 2.21. The summed E-state index contributed by atoms with van der Waals surface area (Å²) >= 11 is 0. The fraction of sp³-hybridized carbons (Fsp3) is 0.462. The summed E-state index contributed by atoms with van der Waals surface area (Å²) in [6.07, 6.45) is 0.459. The highest BCUT2D eigenvalue weighted by atomic mass is 32.2. The molecule has 0 aliphatic carbocycles. The molecule has 6 heteroatoms. The monoisotopic (exact) mass is 288 g/mol. The standard InChI is InChI=1S/C13H17FO4S/c1-2-7-19(17,18)8-6-12(13(15)16)10-4-3-5-11(14)9-10/h3-5,9,12H,2,6-8H2,1H3,(H,15,16). The zero-order valence-electron chi connectivity index (χ0n) is 10.7. The fourth-order valence-electron chi connectivity index (χ4n) is 1.87. The van der Waals surface area contributed by atoms with E-state index in [1.165, 1.54) is 18.2 Å². The fourth-order valence-corrected chi connectivity index (χ4v) is 3.29. The molecular formula is C13H17FO4S. The first-order valence-corrected chi connectivity index (χ1v) is 7.86. The zero-order valence-corrected chi connectivity index (χ0v) is 11.5. The predicted molar refractivity (Wildman–Crippen MR) is 70.3 cm³/mol. The van der Waals surface area contributed by atoms with Crippen LogP contribution in [0.4, 0.5) is 4.39 Å². The Morgan fingerprint density at radius 3 is 2.58 bits per heavy atom. The van der Waals surface area contributed by atoms with Crippen LogP contribution in [0.15, 0.2) is 24.3 Å². The molecule has 0 spiro atoms. The van der Waals surface area contributed by atoms with Crippen LogP contribution in [0.3, 0.4) is 0 Å². The Bertz CT molecular complexity index is 539. The van der Waals surface area contributed by atoms with Crippen LogP contribution in [0.25, 0.3) is 0 Å². The molecule has 1 aromatic carbocycles. The third-order valence-electron chi connectivity index (χ3n) is 2.78. The van der Waals surface area contributed by atoms with Crippen LogP contribution in [0.5, 0.6) is 0 Å². The van der Waals surface area contributed by atoms with E-state index in [0.29, 0.717) is 12.0 Å². The molecule has 0 radical (unpaired) electrons. The van der Waals surface area contributed by atoms with Crippen LogP contribution in [0.1, 0.15) is 31.2 Å². The second-order valence-corrected chi connectivity index (χ2v) is 6.69. The average Bonchev–Trinajstić information content (AvgIpc) is 2.28. The highest BCUT2D eigenvalue weighted by molar-refractivity contribution is 7.91. The van der Waals surface area contributed by atoms with Gasteiger partial charge in [-0.25, -0.2) is 12.8 Å². The lowest BCUT2D eigenvalue weighted by molar-refractivity contribution is -0.138. The summed E-state index contributed by atoms with van der Waals surface area (Å²) in [5, 5.41) is 9.13. The van der Waals surface area contributed by atoms with E-state index < -0.39 is 27.5 Å². The summed E-state index contributed by atoms with van der Waals surface area (Å²) in [5.74, 6) is -2.82. The highest BCUT2D eigenvalue weighted by Gasteiger charge is 2.23. The summed E-state index contributed by atoms with van der Waals surface area (Å²) in [6.45, 7) is 1.75. The van der Waals surface area contributed by atoms with Crippen LogP contribution in [0.2, 0.25) is 0 Å². The van der Waals surface area contributed by atoms with E-state index >= 15 is 0 Å². The Labute approximate surface area is 112 Å². The van der Waals surface area contributed by atoms with Crippen molar-refractivity contribution in [3.8, 4) is 0 Å². The second kappa shape index (κ2) is 6.65. The van der Waals surface area contributed by atoms with Gasteiger partial charge in [0.2, 0.25) is 0 Å². The number of carboxylic acids is 1. The van der Waals surface area contributed by atoms with Crippen molar-refractivity contribution in [1.29, 1.82) is 0 Å². The lowest BCUT2D eigenvalue weighted by Gasteiger charge is -2.12. The normalized spacial score (nSPS) is 13.2. The van der Waals surface area contributed by atoms with Gasteiger partial charge in [-0.05, 0) is 30.5 Å². The molecule has 0 fully saturated rings. The molecular weight excluding hydrogens is 271 g/mol. The van der Waals surface area contributed by atoms with E-state index in [4.69, 9.17) is 5.11 Å². The first kappa shape index (κ1) is 15.6. The number of carbonyl (C=O) groups is 1. The van der Waals surface area contributed by atoms with Crippen LogP contribution in [-0.4, -0.2) is 31.0 Å². The van der Waals surface area contributed by atoms with Gasteiger partial charge in [-0.15, -0.1) is 0 Å². The summed E-state index contributed by atoms with van der Waals surface area (Å²) in [6, 6.07) is 5.26. The molecule has 0 amide bonds. The molecule has 0 aromatic heterocycles. The molecule has 1 atom stereocenters. The van der Waals surface area contributed by atoms with Gasteiger partial charge in [0, 0.05) is 5.75 Å². The van der Waals surface area contributed by atoms with Crippen molar-refractivity contribution in [2.24, 2.45) is 0 Å². The first-order chi connectivity index (χ1) is 8.85. The molecule has 0 saturated carbocycles. The number of halogens is 1. The van der Waals surface area contributed by atoms with E-state index in [1.807, 2.05) is 0 Å². The Morgan fingerprint density at radius 1 is 1.37 bits per heavy atom. The van der Waals surface area contributed by atoms with Gasteiger partial charge in [-0.2, -0.15) is 0 Å². The number of hydrogen-bond donors (Lipinski definition) is 1. The molecule has 1 N–H and O–H groups in total. The van der Waals surface area contributed by atoms with Crippen LogP contribution in [-0.2, 0) is 14.6 Å². The molecule has 0 bridgehead atoms. The van der Waals surface area contributed by atoms with Gasteiger partial charge in [0.1, 0.15) is 15.7 Å². The van der Waals surface area contributed by atoms with Gasteiger partial charge in [0.05, 0.1) is 11.7 Å². The van der Waals surface area contributed by atoms with Gasteiger partial charge >= 0.3 is 5.97 Å². The van der Waals surface area contributed by atoms with Crippen molar-refractivity contribution in [2.75, 3.05) is 11.5 Å². The number of sulfone groups is 1. The Morgan fingerprint density at radius 2 is 2.05 bits per heavy atom.